The molecule has 0 aromatic rings. The first kappa shape index (κ1) is 22.4. The summed E-state index contributed by atoms with van der Waals surface area (Å²) in [4.78, 5) is 23.7. The fraction of sp³-hybridized carbons (Fsp3) is 0.652. The van der Waals surface area contributed by atoms with Crippen LogP contribution in [0.2, 0.25) is 0 Å². The number of unbranched alkanes of at least 4 members (excludes halogenated alkanes) is 6. The van der Waals surface area contributed by atoms with E-state index in [4.69, 9.17) is 4.74 Å². The van der Waals surface area contributed by atoms with Crippen LogP contribution < -0.4 is 0 Å². The van der Waals surface area contributed by atoms with Gasteiger partial charge in [-0.05, 0) is 38.2 Å². The molecule has 0 aromatic carbocycles. The highest BCUT2D eigenvalue weighted by Gasteiger charge is 2.18. The molecule has 1 aliphatic heterocycles. The molecule has 0 amide bonds. The second-order valence-electron chi connectivity index (χ2n) is 7.04. The number of ketones is 1. The van der Waals surface area contributed by atoms with Crippen molar-refractivity contribution in [2.24, 2.45) is 0 Å². The zero-order chi connectivity index (χ0) is 18.9. The average Bonchev–Trinajstić information content (AvgIpc) is 2.63. The molecule has 146 valence electrons. The normalized spacial score (nSPS) is 21.5. The summed E-state index contributed by atoms with van der Waals surface area (Å²) in [6, 6.07) is 0. The summed E-state index contributed by atoms with van der Waals surface area (Å²) < 4.78 is 5.36. The number of cyclic esters (lactones) is 1. The fourth-order valence-electron chi connectivity index (χ4n) is 2.95. The van der Waals surface area contributed by atoms with E-state index in [1.807, 2.05) is 24.3 Å². The van der Waals surface area contributed by atoms with Gasteiger partial charge >= 0.3 is 5.97 Å². The summed E-state index contributed by atoms with van der Waals surface area (Å²) in [5, 5.41) is 0. The van der Waals surface area contributed by atoms with Crippen molar-refractivity contribution >= 4 is 11.8 Å². The molecular formula is C23H36O3. The smallest absolute Gasteiger partial charge is 0.375 e. The van der Waals surface area contributed by atoms with E-state index >= 15 is 0 Å². The van der Waals surface area contributed by atoms with Crippen LogP contribution in [0, 0.1) is 0 Å². The first-order valence-electron chi connectivity index (χ1n) is 10.5. The number of hydrogen-bond donors (Lipinski definition) is 0. The molecule has 1 unspecified atom stereocenters. The predicted molar refractivity (Wildman–Crippen MR) is 108 cm³/mol. The van der Waals surface area contributed by atoms with E-state index in [1.165, 1.54) is 38.5 Å². The minimum Gasteiger partial charge on any atom is -0.452 e. The molecule has 0 bridgehead atoms. The Hall–Kier alpha value is -1.64. The van der Waals surface area contributed by atoms with Crippen molar-refractivity contribution in [3.05, 3.63) is 36.5 Å². The average molecular weight is 361 g/mol. The third kappa shape index (κ3) is 11.8. The van der Waals surface area contributed by atoms with Crippen molar-refractivity contribution in [3.8, 4) is 0 Å². The lowest BCUT2D eigenvalue weighted by Crippen LogP contribution is -2.23. The van der Waals surface area contributed by atoms with E-state index in [2.05, 4.69) is 19.1 Å². The summed E-state index contributed by atoms with van der Waals surface area (Å²) in [5.41, 5.74) is 0. The van der Waals surface area contributed by atoms with E-state index in [-0.39, 0.29) is 6.10 Å². The Balaban J connectivity index is 2.36. The number of ether oxygens (including phenoxy) is 1. The van der Waals surface area contributed by atoms with Gasteiger partial charge in [0.15, 0.2) is 0 Å². The van der Waals surface area contributed by atoms with E-state index < -0.39 is 11.8 Å². The van der Waals surface area contributed by atoms with Gasteiger partial charge in [-0.15, -0.1) is 0 Å². The standard InChI is InChI=1S/C23H36O3/c1-2-3-4-5-6-7-8-9-12-15-18-21-19-16-13-10-11-14-17-20-22(24)23(25)26-21/h9,12-13,15-16,18,21H,2-8,10-11,14,17,19-20H2,1H3/b12-9+,16-13+,18-15+. The fourth-order valence-corrected chi connectivity index (χ4v) is 2.95. The van der Waals surface area contributed by atoms with E-state index in [0.717, 1.165) is 32.1 Å². The summed E-state index contributed by atoms with van der Waals surface area (Å²) in [6.07, 6.45) is 25.5. The lowest BCUT2D eigenvalue weighted by Gasteiger charge is -2.12. The summed E-state index contributed by atoms with van der Waals surface area (Å²) in [6.45, 7) is 2.24. The number of carbonyl (C=O) groups excluding carboxylic acids is 2. The molecule has 3 heteroatoms. The first-order chi connectivity index (χ1) is 12.7. The molecule has 0 aromatic heterocycles. The van der Waals surface area contributed by atoms with Gasteiger partial charge < -0.3 is 4.74 Å². The van der Waals surface area contributed by atoms with Gasteiger partial charge in [-0.3, -0.25) is 4.79 Å². The summed E-state index contributed by atoms with van der Waals surface area (Å²) in [5.74, 6) is -1.09. The van der Waals surface area contributed by atoms with Crippen LogP contribution in [0.25, 0.3) is 0 Å². The minimum atomic E-state index is -0.690. The van der Waals surface area contributed by atoms with Gasteiger partial charge in [-0.1, -0.05) is 75.8 Å². The molecule has 1 aliphatic rings. The van der Waals surface area contributed by atoms with E-state index in [1.54, 1.807) is 0 Å². The van der Waals surface area contributed by atoms with Crippen LogP contribution in [-0.4, -0.2) is 17.9 Å². The van der Waals surface area contributed by atoms with Crippen LogP contribution in [0.4, 0.5) is 0 Å². The molecular weight excluding hydrogens is 324 g/mol. The zero-order valence-corrected chi connectivity index (χ0v) is 16.5. The Bertz CT molecular complexity index is 474. The van der Waals surface area contributed by atoms with Gasteiger partial charge in [0.25, 0.3) is 0 Å². The molecule has 0 saturated heterocycles. The van der Waals surface area contributed by atoms with Gasteiger partial charge in [0, 0.05) is 12.8 Å². The number of hydrogen-bond acceptors (Lipinski definition) is 3. The Morgan fingerprint density at radius 2 is 1.81 bits per heavy atom. The number of esters is 1. The molecule has 1 rings (SSSR count). The molecule has 26 heavy (non-hydrogen) atoms. The largest absolute Gasteiger partial charge is 0.452 e. The van der Waals surface area contributed by atoms with Crippen molar-refractivity contribution in [2.45, 2.75) is 96.5 Å². The SMILES string of the molecule is CCCCCCCC/C=C/C=C/C1C/C=C/CCCCCC(=O)C(=O)O1. The van der Waals surface area contributed by atoms with Gasteiger partial charge in [-0.2, -0.15) is 0 Å². The number of allylic oxidation sites excluding steroid dienone is 4. The number of rotatable bonds is 9. The van der Waals surface area contributed by atoms with Gasteiger partial charge in [0.1, 0.15) is 6.10 Å². The number of carbonyl (C=O) groups is 2. The maximum absolute atomic E-state index is 11.9. The Morgan fingerprint density at radius 1 is 1.00 bits per heavy atom. The lowest BCUT2D eigenvalue weighted by atomic mass is 10.1. The van der Waals surface area contributed by atoms with Crippen LogP contribution in [-0.2, 0) is 14.3 Å². The van der Waals surface area contributed by atoms with Gasteiger partial charge in [0.2, 0.25) is 5.78 Å². The summed E-state index contributed by atoms with van der Waals surface area (Å²) >= 11 is 0. The molecule has 0 fully saturated rings. The van der Waals surface area contributed by atoms with Crippen LogP contribution in [0.1, 0.15) is 90.4 Å². The highest BCUT2D eigenvalue weighted by molar-refractivity contribution is 6.33. The van der Waals surface area contributed by atoms with Crippen LogP contribution in [0.3, 0.4) is 0 Å². The van der Waals surface area contributed by atoms with Crippen molar-refractivity contribution in [3.63, 3.8) is 0 Å². The van der Waals surface area contributed by atoms with Crippen molar-refractivity contribution in [1.29, 1.82) is 0 Å². The topological polar surface area (TPSA) is 43.4 Å². The molecule has 0 saturated carbocycles. The lowest BCUT2D eigenvalue weighted by molar-refractivity contribution is -0.156. The second-order valence-corrected chi connectivity index (χ2v) is 7.04. The Labute approximate surface area is 159 Å². The Morgan fingerprint density at radius 3 is 2.65 bits per heavy atom. The minimum absolute atomic E-state index is 0.303. The van der Waals surface area contributed by atoms with E-state index in [9.17, 15) is 9.59 Å². The van der Waals surface area contributed by atoms with Crippen LogP contribution in [0.5, 0.6) is 0 Å². The maximum Gasteiger partial charge on any atom is 0.375 e. The third-order valence-electron chi connectivity index (χ3n) is 4.59. The number of Topliss-reactive ketones (excluding diaryl/α,β-unsaturated/α-hetero) is 1. The molecule has 0 spiro atoms. The van der Waals surface area contributed by atoms with Crippen molar-refractivity contribution in [1.82, 2.24) is 0 Å². The second kappa shape index (κ2) is 15.6. The van der Waals surface area contributed by atoms with E-state index in [0.29, 0.717) is 12.8 Å². The van der Waals surface area contributed by atoms with Crippen LogP contribution >= 0.6 is 0 Å². The predicted octanol–water partition coefficient (Wildman–Crippen LogP) is 6.24. The molecule has 0 radical (unpaired) electrons. The van der Waals surface area contributed by atoms with Crippen molar-refractivity contribution < 1.29 is 14.3 Å². The van der Waals surface area contributed by atoms with Gasteiger partial charge in [-0.25, -0.2) is 4.79 Å². The van der Waals surface area contributed by atoms with Crippen LogP contribution in [0.15, 0.2) is 36.5 Å². The van der Waals surface area contributed by atoms with Gasteiger partial charge in [0.05, 0.1) is 0 Å². The quantitative estimate of drug-likeness (QED) is 0.161. The molecule has 0 N–H and O–H groups in total. The first-order valence-corrected chi connectivity index (χ1v) is 10.5. The highest BCUT2D eigenvalue weighted by Crippen LogP contribution is 2.11. The maximum atomic E-state index is 11.9. The molecule has 3 nitrogen and oxygen atoms in total. The van der Waals surface area contributed by atoms with Crippen molar-refractivity contribution in [2.75, 3.05) is 0 Å². The summed E-state index contributed by atoms with van der Waals surface area (Å²) in [7, 11) is 0. The molecule has 0 aliphatic carbocycles. The molecule has 1 heterocycles. The zero-order valence-electron chi connectivity index (χ0n) is 16.5. The Kier molecular flexibility index (Phi) is 13.4. The molecule has 1 atom stereocenters. The third-order valence-corrected chi connectivity index (χ3v) is 4.59. The highest BCUT2D eigenvalue weighted by atomic mass is 16.5. The monoisotopic (exact) mass is 360 g/mol.